The van der Waals surface area contributed by atoms with Crippen LogP contribution in [0.1, 0.15) is 57.8 Å². The molecule has 4 aromatic rings. The molecule has 0 saturated heterocycles. The zero-order valence-corrected chi connectivity index (χ0v) is 22.9. The molecule has 206 valence electrons. The van der Waals surface area contributed by atoms with Crippen molar-refractivity contribution in [3.8, 4) is 11.1 Å². The van der Waals surface area contributed by atoms with Gasteiger partial charge in [-0.05, 0) is 71.2 Å². The Balaban J connectivity index is 0.00000337. The Kier molecular flexibility index (Phi) is 7.22. The van der Waals surface area contributed by atoms with Gasteiger partial charge in [0.1, 0.15) is 0 Å². The highest BCUT2D eigenvalue weighted by molar-refractivity contribution is 5.91. The van der Waals surface area contributed by atoms with Crippen LogP contribution in [0, 0.1) is 12.8 Å². The van der Waals surface area contributed by atoms with E-state index in [0.29, 0.717) is 18.0 Å². The number of fused-ring (bicyclic) bond motifs is 1. The molecular weight excluding hydrogens is 500 g/mol. The molecule has 2 aliphatic rings. The summed E-state index contributed by atoms with van der Waals surface area (Å²) in [5, 5.41) is 3.24. The zero-order valence-electron chi connectivity index (χ0n) is 22.9. The lowest BCUT2D eigenvalue weighted by molar-refractivity contribution is -0.122. The van der Waals surface area contributed by atoms with Crippen LogP contribution in [0.2, 0.25) is 0 Å². The van der Waals surface area contributed by atoms with Crippen molar-refractivity contribution in [2.45, 2.75) is 45.3 Å². The molecule has 0 bridgehead atoms. The number of rotatable bonds is 8. The van der Waals surface area contributed by atoms with Crippen LogP contribution in [0.5, 0.6) is 0 Å². The largest absolute Gasteiger partial charge is 0.465 e. The van der Waals surface area contributed by atoms with Crippen molar-refractivity contribution < 1.29 is 15.8 Å². The zero-order chi connectivity index (χ0) is 27.6. The summed E-state index contributed by atoms with van der Waals surface area (Å²) >= 11 is 0. The van der Waals surface area contributed by atoms with Crippen LogP contribution in [0.3, 0.4) is 0 Å². The molecular formula is C33H36N4O3. The van der Waals surface area contributed by atoms with Crippen molar-refractivity contribution in [1.29, 1.82) is 0 Å². The van der Waals surface area contributed by atoms with Crippen LogP contribution in [-0.2, 0) is 35.6 Å². The van der Waals surface area contributed by atoms with Gasteiger partial charge in [0.05, 0.1) is 24.7 Å². The van der Waals surface area contributed by atoms with E-state index in [-0.39, 0.29) is 19.2 Å². The van der Waals surface area contributed by atoms with E-state index in [1.165, 1.54) is 23.8 Å². The number of carbonyl (C=O) groups excluding carboxylic acids is 2. The fourth-order valence-corrected chi connectivity index (χ4v) is 5.92. The van der Waals surface area contributed by atoms with Gasteiger partial charge in [-0.1, -0.05) is 54.6 Å². The SMILES string of the molecule is COC(=O)c1cccc(-c2ccc(CNC(=O)C3CC3c3ccccc3)c3c2CCN(Cc2nc[nH]c2C)C3)c1.[HH]. The van der Waals surface area contributed by atoms with Crippen molar-refractivity contribution in [1.82, 2.24) is 20.2 Å². The summed E-state index contributed by atoms with van der Waals surface area (Å²) < 4.78 is 4.95. The van der Waals surface area contributed by atoms with Crippen molar-refractivity contribution in [3.63, 3.8) is 0 Å². The van der Waals surface area contributed by atoms with Crippen LogP contribution in [-0.4, -0.2) is 40.4 Å². The maximum absolute atomic E-state index is 13.1. The van der Waals surface area contributed by atoms with E-state index in [0.717, 1.165) is 60.6 Å². The first kappa shape index (κ1) is 26.0. The van der Waals surface area contributed by atoms with E-state index in [9.17, 15) is 9.59 Å². The highest BCUT2D eigenvalue weighted by Gasteiger charge is 2.43. The van der Waals surface area contributed by atoms with Gasteiger partial charge in [0.2, 0.25) is 5.91 Å². The normalized spacial score (nSPS) is 18.1. The molecule has 1 aliphatic carbocycles. The van der Waals surface area contributed by atoms with E-state index < -0.39 is 0 Å². The second kappa shape index (κ2) is 11.1. The number of aromatic nitrogens is 2. The minimum absolute atomic E-state index is 0. The first-order valence-electron chi connectivity index (χ1n) is 13.9. The molecule has 40 heavy (non-hydrogen) atoms. The minimum Gasteiger partial charge on any atom is -0.465 e. The number of methoxy groups -OCH3 is 1. The summed E-state index contributed by atoms with van der Waals surface area (Å²) in [5.74, 6) is 0.131. The number of amides is 1. The molecule has 1 fully saturated rings. The van der Waals surface area contributed by atoms with Gasteiger partial charge < -0.3 is 15.0 Å². The lowest BCUT2D eigenvalue weighted by Gasteiger charge is -2.32. The van der Waals surface area contributed by atoms with Gasteiger partial charge >= 0.3 is 5.97 Å². The van der Waals surface area contributed by atoms with Crippen LogP contribution in [0.25, 0.3) is 11.1 Å². The number of aryl methyl sites for hydroxylation is 1. The predicted molar refractivity (Wildman–Crippen MR) is 156 cm³/mol. The Morgan fingerprint density at radius 2 is 1.95 bits per heavy atom. The molecule has 2 N–H and O–H groups in total. The van der Waals surface area contributed by atoms with Crippen molar-refractivity contribution >= 4 is 11.9 Å². The van der Waals surface area contributed by atoms with Crippen molar-refractivity contribution in [2.75, 3.05) is 13.7 Å². The number of nitrogens with one attached hydrogen (secondary N) is 2. The third-order valence-electron chi connectivity index (χ3n) is 8.30. The number of carbonyl (C=O) groups is 2. The molecule has 6 rings (SSSR count). The molecule has 7 heteroatoms. The van der Waals surface area contributed by atoms with Crippen LogP contribution < -0.4 is 5.32 Å². The van der Waals surface area contributed by atoms with E-state index in [1.807, 2.05) is 43.3 Å². The lowest BCUT2D eigenvalue weighted by atomic mass is 9.87. The highest BCUT2D eigenvalue weighted by atomic mass is 16.5. The summed E-state index contributed by atoms with van der Waals surface area (Å²) in [7, 11) is 1.40. The maximum Gasteiger partial charge on any atom is 0.337 e. The Morgan fingerprint density at radius 1 is 1.10 bits per heavy atom. The third-order valence-corrected chi connectivity index (χ3v) is 8.30. The molecule has 1 aliphatic heterocycles. The van der Waals surface area contributed by atoms with Crippen molar-refractivity contribution in [3.05, 3.63) is 112 Å². The lowest BCUT2D eigenvalue weighted by Crippen LogP contribution is -2.33. The molecule has 1 aromatic heterocycles. The van der Waals surface area contributed by atoms with E-state index in [2.05, 4.69) is 44.5 Å². The molecule has 2 unspecified atom stereocenters. The quantitative estimate of drug-likeness (QED) is 0.295. The summed E-state index contributed by atoms with van der Waals surface area (Å²) in [6.07, 6.45) is 3.52. The van der Waals surface area contributed by atoms with Gasteiger partial charge in [-0.3, -0.25) is 9.69 Å². The molecule has 2 atom stereocenters. The Bertz CT molecular complexity index is 1550. The number of imidazole rings is 1. The van der Waals surface area contributed by atoms with Gasteiger partial charge in [0.15, 0.2) is 0 Å². The monoisotopic (exact) mass is 536 g/mol. The number of ether oxygens (including phenoxy) is 1. The molecule has 3 aromatic carbocycles. The number of benzene rings is 3. The first-order chi connectivity index (χ1) is 19.5. The van der Waals surface area contributed by atoms with Gasteiger partial charge in [0.25, 0.3) is 0 Å². The highest BCUT2D eigenvalue weighted by Crippen LogP contribution is 2.47. The number of aromatic amines is 1. The Hall–Kier alpha value is -4.23. The number of hydrogen-bond donors (Lipinski definition) is 2. The number of hydrogen-bond acceptors (Lipinski definition) is 5. The van der Waals surface area contributed by atoms with E-state index in [1.54, 1.807) is 12.4 Å². The van der Waals surface area contributed by atoms with Gasteiger partial charge in [-0.2, -0.15) is 0 Å². The van der Waals surface area contributed by atoms with Gasteiger partial charge in [-0.25, -0.2) is 9.78 Å². The average molecular weight is 537 g/mol. The summed E-state index contributed by atoms with van der Waals surface area (Å²) in [4.78, 5) is 35.4. The fraction of sp³-hybridized carbons (Fsp3) is 0.303. The fourth-order valence-electron chi connectivity index (χ4n) is 5.92. The molecule has 2 heterocycles. The predicted octanol–water partition coefficient (Wildman–Crippen LogP) is 5.40. The van der Waals surface area contributed by atoms with E-state index >= 15 is 0 Å². The molecule has 0 radical (unpaired) electrons. The number of esters is 1. The first-order valence-corrected chi connectivity index (χ1v) is 13.9. The van der Waals surface area contributed by atoms with Crippen molar-refractivity contribution in [2.24, 2.45) is 5.92 Å². The summed E-state index contributed by atoms with van der Waals surface area (Å²) in [6.45, 7) is 4.99. The Morgan fingerprint density at radius 3 is 2.73 bits per heavy atom. The second-order valence-corrected chi connectivity index (χ2v) is 10.8. The smallest absolute Gasteiger partial charge is 0.337 e. The molecule has 1 amide bonds. The minimum atomic E-state index is -0.343. The van der Waals surface area contributed by atoms with Gasteiger partial charge in [0, 0.05) is 39.2 Å². The number of H-pyrrole nitrogens is 1. The topological polar surface area (TPSA) is 87.3 Å². The maximum atomic E-state index is 13.1. The second-order valence-electron chi connectivity index (χ2n) is 10.8. The van der Waals surface area contributed by atoms with Crippen LogP contribution >= 0.6 is 0 Å². The van der Waals surface area contributed by atoms with Gasteiger partial charge in [-0.15, -0.1) is 0 Å². The average Bonchev–Trinajstić information content (AvgIpc) is 3.71. The Labute approximate surface area is 236 Å². The third kappa shape index (κ3) is 5.29. The molecule has 7 nitrogen and oxygen atoms in total. The van der Waals surface area contributed by atoms with Crippen LogP contribution in [0.4, 0.5) is 0 Å². The van der Waals surface area contributed by atoms with Crippen LogP contribution in [0.15, 0.2) is 73.1 Å². The number of nitrogens with zero attached hydrogens (tertiary/aromatic N) is 2. The standard InChI is InChI=1S/C33H34N4O3.H2/c1-21-31(36-20-35-21)19-37-14-13-27-26(23-9-6-10-24(15-23)33(39)40-2)12-11-25(30(27)18-37)17-34-32(38)29-16-28(29)22-7-4-3-5-8-22;/h3-12,15,20,28-29H,13-14,16-19H2,1-2H3,(H,34,38)(H,35,36);1H. The summed E-state index contributed by atoms with van der Waals surface area (Å²) in [6, 6.07) is 22.2. The van der Waals surface area contributed by atoms with E-state index in [4.69, 9.17) is 4.74 Å². The molecule has 1 saturated carbocycles. The summed E-state index contributed by atoms with van der Waals surface area (Å²) in [5.41, 5.74) is 9.69. The molecule has 0 spiro atoms.